The van der Waals surface area contributed by atoms with Crippen LogP contribution in [0.3, 0.4) is 0 Å². The molecule has 0 aliphatic carbocycles. The predicted molar refractivity (Wildman–Crippen MR) is 169 cm³/mol. The van der Waals surface area contributed by atoms with E-state index in [2.05, 4.69) is 52.2 Å². The third kappa shape index (κ3) is 8.40. The van der Waals surface area contributed by atoms with Gasteiger partial charge in [-0.1, -0.05) is 69.2 Å². The smallest absolute Gasteiger partial charge is 0.255 e. The maximum Gasteiger partial charge on any atom is 0.255 e. The molecule has 0 saturated carbocycles. The summed E-state index contributed by atoms with van der Waals surface area (Å²) in [4.78, 5) is 22.2. The summed E-state index contributed by atoms with van der Waals surface area (Å²) in [6.45, 7) is 6.22. The molecule has 0 spiro atoms. The number of rotatable bonds is 13. The van der Waals surface area contributed by atoms with Crippen molar-refractivity contribution in [1.82, 2.24) is 14.9 Å². The number of anilines is 1. The van der Waals surface area contributed by atoms with E-state index in [4.69, 9.17) is 4.99 Å². The molecule has 2 aromatic carbocycles. The summed E-state index contributed by atoms with van der Waals surface area (Å²) >= 11 is 0. The van der Waals surface area contributed by atoms with E-state index >= 15 is 0 Å². The monoisotopic (exact) mass is 535 g/mol. The number of aliphatic imine (C=N–C) groups is 1. The van der Waals surface area contributed by atoms with Gasteiger partial charge < -0.3 is 15.2 Å². The Labute approximate surface area is 238 Å². The van der Waals surface area contributed by atoms with E-state index < -0.39 is 0 Å². The average molecular weight is 536 g/mol. The van der Waals surface area contributed by atoms with Gasteiger partial charge in [0.15, 0.2) is 0 Å². The van der Waals surface area contributed by atoms with Gasteiger partial charge >= 0.3 is 0 Å². The highest BCUT2D eigenvalue weighted by Crippen LogP contribution is 2.18. The normalized spacial score (nSPS) is 11.8. The number of amides is 1. The van der Waals surface area contributed by atoms with Crippen LogP contribution in [0.4, 0.5) is 5.69 Å². The van der Waals surface area contributed by atoms with Crippen LogP contribution in [0.25, 0.3) is 23.1 Å². The number of hydrogen-bond acceptors (Lipinski definition) is 3. The molecule has 2 aromatic heterocycles. The number of unbranched alkanes of at least 4 members (excludes halogenated alkanes) is 2. The van der Waals surface area contributed by atoms with Crippen molar-refractivity contribution in [3.05, 3.63) is 95.4 Å². The number of amidine groups is 1. The summed E-state index contributed by atoms with van der Waals surface area (Å²) in [7, 11) is 2.02. The Balaban J connectivity index is 1.33. The second-order valence-electron chi connectivity index (χ2n) is 10.2. The maximum atomic E-state index is 12.9. The lowest BCUT2D eigenvalue weighted by molar-refractivity contribution is 0.102. The van der Waals surface area contributed by atoms with Gasteiger partial charge in [0, 0.05) is 55.6 Å². The zero-order chi connectivity index (χ0) is 28.2. The van der Waals surface area contributed by atoms with Crippen LogP contribution in [0.1, 0.15) is 73.1 Å². The van der Waals surface area contributed by atoms with Gasteiger partial charge in [0.1, 0.15) is 0 Å². The number of benzene rings is 2. The minimum atomic E-state index is -0.116. The number of aryl methyl sites for hydroxylation is 2. The Kier molecular flexibility index (Phi) is 10.7. The number of para-hydroxylation sites is 1. The first-order valence-corrected chi connectivity index (χ1v) is 14.4. The Morgan fingerprint density at radius 1 is 0.975 bits per heavy atom. The van der Waals surface area contributed by atoms with E-state index in [0.717, 1.165) is 78.7 Å². The maximum absolute atomic E-state index is 12.9. The van der Waals surface area contributed by atoms with E-state index in [0.29, 0.717) is 5.56 Å². The van der Waals surface area contributed by atoms with Crippen LogP contribution in [0.15, 0.2) is 78.0 Å². The van der Waals surface area contributed by atoms with Crippen molar-refractivity contribution in [2.45, 2.75) is 52.4 Å². The van der Waals surface area contributed by atoms with Gasteiger partial charge in [-0.3, -0.25) is 14.8 Å². The van der Waals surface area contributed by atoms with E-state index in [1.165, 1.54) is 12.1 Å². The summed E-state index contributed by atoms with van der Waals surface area (Å²) in [6, 6.07) is 19.9. The minimum absolute atomic E-state index is 0.116. The first-order valence-electron chi connectivity index (χ1n) is 14.4. The summed E-state index contributed by atoms with van der Waals surface area (Å²) in [5.74, 6) is 0.967. The summed E-state index contributed by atoms with van der Waals surface area (Å²) < 4.78 is 2.08. The Morgan fingerprint density at radius 2 is 1.75 bits per heavy atom. The van der Waals surface area contributed by atoms with Crippen LogP contribution in [0.2, 0.25) is 0 Å². The quantitative estimate of drug-likeness (QED) is 0.106. The molecule has 0 saturated heterocycles. The zero-order valence-corrected chi connectivity index (χ0v) is 24.0. The number of carbonyl (C=O) groups excluding carboxylic acids is 1. The Hall–Kier alpha value is -4.19. The van der Waals surface area contributed by atoms with Crippen molar-refractivity contribution in [2.24, 2.45) is 12.0 Å². The fourth-order valence-corrected chi connectivity index (χ4v) is 4.50. The third-order valence-electron chi connectivity index (χ3n) is 6.91. The van der Waals surface area contributed by atoms with E-state index in [1.54, 1.807) is 0 Å². The van der Waals surface area contributed by atoms with Crippen LogP contribution in [0.5, 0.6) is 0 Å². The number of fused-ring (bicyclic) bond motifs is 1. The molecule has 0 aliphatic heterocycles. The van der Waals surface area contributed by atoms with Gasteiger partial charge in [0.25, 0.3) is 5.91 Å². The average Bonchev–Trinajstić information content (AvgIpc) is 3.33. The molecule has 6 nitrogen and oxygen atoms in total. The molecule has 0 atom stereocenters. The van der Waals surface area contributed by atoms with Gasteiger partial charge in [-0.2, -0.15) is 0 Å². The number of nitrogens with zero attached hydrogens (tertiary/aromatic N) is 3. The molecule has 1 amide bonds. The Morgan fingerprint density at radius 3 is 2.55 bits per heavy atom. The first kappa shape index (κ1) is 28.8. The standard InChI is InChI=1S/C34H41N5O/c1-4-6-20-35-33(36-21-7-5-2)19-18-31-23-30(25-39(31)3)38-34(40)28-16-14-26(15-17-28)12-13-27-22-29-10-8-9-11-32(29)37-24-27/h8-17,22-25H,4-7,18-21H2,1-3H3,(H,35,36)(H,38,40)/b13-12+. The van der Waals surface area contributed by atoms with E-state index in [9.17, 15) is 4.79 Å². The van der Waals surface area contributed by atoms with E-state index in [1.807, 2.05) is 74.1 Å². The molecule has 0 aliphatic rings. The van der Waals surface area contributed by atoms with Crippen molar-refractivity contribution in [3.8, 4) is 0 Å². The SMILES string of the molecule is CCCC/N=C(\CCc1cc(NC(=O)c2ccc(/C=C/c3cnc4ccccc4c3)cc2)cn1C)NCCCC. The molecule has 0 fully saturated rings. The molecular weight excluding hydrogens is 494 g/mol. The zero-order valence-electron chi connectivity index (χ0n) is 24.0. The molecule has 40 heavy (non-hydrogen) atoms. The lowest BCUT2D eigenvalue weighted by Crippen LogP contribution is -2.25. The van der Waals surface area contributed by atoms with Gasteiger partial charge in [-0.05, 0) is 60.7 Å². The molecular formula is C34H41N5O. The van der Waals surface area contributed by atoms with Crippen molar-refractivity contribution < 1.29 is 4.79 Å². The number of carbonyl (C=O) groups is 1. The van der Waals surface area contributed by atoms with Crippen molar-refractivity contribution in [3.63, 3.8) is 0 Å². The molecule has 4 rings (SSSR count). The number of aromatic nitrogens is 2. The lowest BCUT2D eigenvalue weighted by Gasteiger charge is -2.10. The minimum Gasteiger partial charge on any atom is -0.374 e. The highest BCUT2D eigenvalue weighted by atomic mass is 16.1. The first-order chi connectivity index (χ1) is 19.6. The van der Waals surface area contributed by atoms with Crippen molar-refractivity contribution >= 4 is 40.5 Å². The Bertz CT molecular complexity index is 1450. The van der Waals surface area contributed by atoms with Gasteiger partial charge in [0.2, 0.25) is 0 Å². The van der Waals surface area contributed by atoms with Crippen molar-refractivity contribution in [1.29, 1.82) is 0 Å². The fourth-order valence-electron chi connectivity index (χ4n) is 4.50. The van der Waals surface area contributed by atoms with Crippen LogP contribution in [0, 0.1) is 0 Å². The topological polar surface area (TPSA) is 71.3 Å². The van der Waals surface area contributed by atoms with Crippen molar-refractivity contribution in [2.75, 3.05) is 18.4 Å². The lowest BCUT2D eigenvalue weighted by atomic mass is 10.1. The largest absolute Gasteiger partial charge is 0.374 e. The van der Waals surface area contributed by atoms with E-state index in [-0.39, 0.29) is 5.91 Å². The van der Waals surface area contributed by atoms with Crippen LogP contribution >= 0.6 is 0 Å². The van der Waals surface area contributed by atoms with Crippen LogP contribution in [-0.2, 0) is 13.5 Å². The second-order valence-corrected chi connectivity index (χ2v) is 10.2. The molecule has 6 heteroatoms. The number of pyridine rings is 1. The third-order valence-corrected chi connectivity index (χ3v) is 6.91. The fraction of sp³-hybridized carbons (Fsp3) is 0.324. The summed E-state index contributed by atoms with van der Waals surface area (Å²) in [6.07, 6.45) is 14.2. The summed E-state index contributed by atoms with van der Waals surface area (Å²) in [5, 5.41) is 7.69. The molecule has 2 N–H and O–H groups in total. The number of hydrogen-bond donors (Lipinski definition) is 2. The molecule has 0 unspecified atom stereocenters. The van der Waals surface area contributed by atoms with Gasteiger partial charge in [0.05, 0.1) is 17.0 Å². The highest BCUT2D eigenvalue weighted by molar-refractivity contribution is 6.04. The van der Waals surface area contributed by atoms with Gasteiger partial charge in [-0.25, -0.2) is 0 Å². The predicted octanol–water partition coefficient (Wildman–Crippen LogP) is 7.52. The van der Waals surface area contributed by atoms with Crippen LogP contribution in [-0.4, -0.2) is 34.4 Å². The second kappa shape index (κ2) is 14.8. The molecule has 2 heterocycles. The molecule has 208 valence electrons. The molecule has 4 aromatic rings. The molecule has 0 bridgehead atoms. The van der Waals surface area contributed by atoms with Gasteiger partial charge in [-0.15, -0.1) is 0 Å². The number of nitrogens with one attached hydrogen (secondary N) is 2. The summed E-state index contributed by atoms with van der Waals surface area (Å²) in [5.41, 5.74) is 5.65. The van der Waals surface area contributed by atoms with Crippen LogP contribution < -0.4 is 10.6 Å². The highest BCUT2D eigenvalue weighted by Gasteiger charge is 2.10. The molecule has 0 radical (unpaired) electrons.